The summed E-state index contributed by atoms with van der Waals surface area (Å²) in [5.41, 5.74) is 0.642. The number of fused-ring (bicyclic) bond motifs is 2. The minimum Gasteiger partial charge on any atom is -0.508 e. The fraction of sp³-hybridized carbons (Fsp3) is 0.250. The summed E-state index contributed by atoms with van der Waals surface area (Å²) in [4.78, 5) is 26.3. The SMILES string of the molecule is O=c1c2ccc3oc4ccc(O)cc4c4ccc(c(=O)n1CCCCCCO)c2c34. The number of benzene rings is 3. The molecule has 0 bridgehead atoms. The molecular formula is C24H21NO5. The number of hydrogen-bond donors (Lipinski definition) is 2. The van der Waals surface area contributed by atoms with Crippen molar-refractivity contribution in [3.8, 4) is 5.75 Å². The van der Waals surface area contributed by atoms with E-state index in [1.807, 2.05) is 6.07 Å². The van der Waals surface area contributed by atoms with Gasteiger partial charge in [-0.25, -0.2) is 0 Å². The molecule has 0 fully saturated rings. The zero-order valence-corrected chi connectivity index (χ0v) is 16.4. The van der Waals surface area contributed by atoms with Crippen molar-refractivity contribution in [1.82, 2.24) is 4.57 Å². The molecule has 0 aliphatic carbocycles. The number of aromatic nitrogens is 1. The van der Waals surface area contributed by atoms with E-state index in [0.29, 0.717) is 40.3 Å². The van der Waals surface area contributed by atoms with Crippen LogP contribution in [0.25, 0.3) is 43.5 Å². The first kappa shape index (κ1) is 18.6. The molecule has 2 N–H and O–H groups in total. The molecule has 0 aliphatic heterocycles. The second kappa shape index (κ2) is 7.15. The van der Waals surface area contributed by atoms with Gasteiger partial charge in [0.05, 0.1) is 0 Å². The molecule has 0 amide bonds. The zero-order chi connectivity index (χ0) is 20.8. The third-order valence-corrected chi connectivity index (χ3v) is 5.84. The third kappa shape index (κ3) is 2.75. The minimum atomic E-state index is -0.292. The lowest BCUT2D eigenvalue weighted by Crippen LogP contribution is -2.33. The summed E-state index contributed by atoms with van der Waals surface area (Å²) in [6.07, 6.45) is 3.16. The van der Waals surface area contributed by atoms with Crippen molar-refractivity contribution in [2.45, 2.75) is 32.2 Å². The molecule has 0 atom stereocenters. The minimum absolute atomic E-state index is 0.126. The number of hydrogen-bond acceptors (Lipinski definition) is 5. The highest BCUT2D eigenvalue weighted by atomic mass is 16.3. The number of phenols is 1. The second-order valence-corrected chi connectivity index (χ2v) is 7.70. The highest BCUT2D eigenvalue weighted by Gasteiger charge is 2.19. The van der Waals surface area contributed by atoms with E-state index < -0.39 is 0 Å². The lowest BCUT2D eigenvalue weighted by Gasteiger charge is -2.14. The summed E-state index contributed by atoms with van der Waals surface area (Å²) >= 11 is 0. The van der Waals surface area contributed by atoms with Gasteiger partial charge in [0.2, 0.25) is 0 Å². The molecular weight excluding hydrogens is 382 g/mol. The molecule has 6 heteroatoms. The number of rotatable bonds is 6. The van der Waals surface area contributed by atoms with Crippen LogP contribution in [0.2, 0.25) is 0 Å². The Bertz CT molecular complexity index is 1480. The first-order chi connectivity index (χ1) is 14.6. The van der Waals surface area contributed by atoms with E-state index in [2.05, 4.69) is 0 Å². The summed E-state index contributed by atoms with van der Waals surface area (Å²) in [7, 11) is 0. The van der Waals surface area contributed by atoms with Gasteiger partial charge in [0, 0.05) is 40.1 Å². The number of pyridine rings is 1. The van der Waals surface area contributed by atoms with Crippen LogP contribution in [-0.4, -0.2) is 21.4 Å². The van der Waals surface area contributed by atoms with E-state index >= 15 is 0 Å². The molecule has 0 saturated heterocycles. The molecule has 2 heterocycles. The molecule has 3 aromatic carbocycles. The highest BCUT2D eigenvalue weighted by Crippen LogP contribution is 2.37. The van der Waals surface area contributed by atoms with Crippen LogP contribution < -0.4 is 11.1 Å². The summed E-state index contributed by atoms with van der Waals surface area (Å²) in [6.45, 7) is 0.519. The summed E-state index contributed by atoms with van der Waals surface area (Å²) < 4.78 is 7.34. The standard InChI is InChI=1S/C24H21NO5/c26-12-4-2-1-3-11-25-23(28)16-7-6-15-18-13-14(27)5-9-19(18)30-20-10-8-17(24(25)29)21(16)22(15)20/h5-10,13,26-27H,1-4,11-12H2. The molecule has 5 aromatic rings. The van der Waals surface area contributed by atoms with Crippen LogP contribution in [0.4, 0.5) is 0 Å². The number of unbranched alkanes of at least 4 members (excludes halogenated alkanes) is 3. The highest BCUT2D eigenvalue weighted by molar-refractivity contribution is 6.26. The van der Waals surface area contributed by atoms with Gasteiger partial charge in [-0.05, 0) is 54.6 Å². The van der Waals surface area contributed by atoms with Gasteiger partial charge in [0.15, 0.2) is 0 Å². The Labute approximate surface area is 170 Å². The molecule has 0 radical (unpaired) electrons. The van der Waals surface area contributed by atoms with Gasteiger partial charge in [-0.2, -0.15) is 0 Å². The molecule has 0 unspecified atom stereocenters. The van der Waals surface area contributed by atoms with Gasteiger partial charge in [-0.1, -0.05) is 18.9 Å². The van der Waals surface area contributed by atoms with Crippen LogP contribution in [-0.2, 0) is 6.54 Å². The monoisotopic (exact) mass is 403 g/mol. The van der Waals surface area contributed by atoms with Gasteiger partial charge in [0.25, 0.3) is 11.1 Å². The summed E-state index contributed by atoms with van der Waals surface area (Å²) in [5, 5.41) is 22.7. The van der Waals surface area contributed by atoms with Crippen LogP contribution in [0.1, 0.15) is 25.7 Å². The van der Waals surface area contributed by atoms with Crippen LogP contribution in [0.3, 0.4) is 0 Å². The fourth-order valence-electron chi connectivity index (χ4n) is 4.39. The van der Waals surface area contributed by atoms with Crippen molar-refractivity contribution in [1.29, 1.82) is 0 Å². The van der Waals surface area contributed by atoms with E-state index in [0.717, 1.165) is 35.4 Å². The zero-order valence-electron chi connectivity index (χ0n) is 16.4. The Morgan fingerprint density at radius 2 is 1.40 bits per heavy atom. The van der Waals surface area contributed by atoms with Crippen molar-refractivity contribution >= 4 is 43.5 Å². The average Bonchev–Trinajstić information content (AvgIpc) is 2.75. The number of aromatic hydroxyl groups is 1. The molecule has 6 nitrogen and oxygen atoms in total. The molecule has 0 saturated carbocycles. The maximum Gasteiger partial charge on any atom is 0.261 e. The number of aliphatic hydroxyl groups is 1. The Kier molecular flexibility index (Phi) is 4.44. The van der Waals surface area contributed by atoms with E-state index in [-0.39, 0.29) is 23.5 Å². The molecule has 152 valence electrons. The number of phenolic OH excluding ortho intramolecular Hbond substituents is 1. The number of aliphatic hydroxyl groups excluding tert-OH is 1. The number of nitrogens with zero attached hydrogens (tertiary/aromatic N) is 1. The maximum atomic E-state index is 13.1. The Hall–Kier alpha value is -3.38. The van der Waals surface area contributed by atoms with E-state index in [4.69, 9.17) is 9.52 Å². The van der Waals surface area contributed by atoms with Crippen molar-refractivity contribution < 1.29 is 14.6 Å². The van der Waals surface area contributed by atoms with Crippen molar-refractivity contribution in [2.24, 2.45) is 0 Å². The maximum absolute atomic E-state index is 13.1. The molecule has 2 aromatic heterocycles. The molecule has 5 rings (SSSR count). The summed E-state index contributed by atoms with van der Waals surface area (Å²) in [5.74, 6) is 0.126. The molecule has 0 aliphatic rings. The van der Waals surface area contributed by atoms with Crippen LogP contribution in [0, 0.1) is 0 Å². The van der Waals surface area contributed by atoms with Crippen LogP contribution in [0.15, 0.2) is 56.5 Å². The Balaban J connectivity index is 1.76. The smallest absolute Gasteiger partial charge is 0.261 e. The molecule has 0 spiro atoms. The van der Waals surface area contributed by atoms with Gasteiger partial charge >= 0.3 is 0 Å². The first-order valence-electron chi connectivity index (χ1n) is 10.2. The quantitative estimate of drug-likeness (QED) is 0.253. The Morgan fingerprint density at radius 3 is 2.17 bits per heavy atom. The van der Waals surface area contributed by atoms with E-state index in [1.165, 1.54) is 4.57 Å². The second-order valence-electron chi connectivity index (χ2n) is 7.70. The van der Waals surface area contributed by atoms with Gasteiger partial charge in [-0.3, -0.25) is 14.2 Å². The predicted octanol–water partition coefficient (Wildman–Crippen LogP) is 4.11. The fourth-order valence-corrected chi connectivity index (χ4v) is 4.39. The normalized spacial score (nSPS) is 12.0. The Morgan fingerprint density at radius 1 is 0.733 bits per heavy atom. The van der Waals surface area contributed by atoms with Crippen molar-refractivity contribution in [3.63, 3.8) is 0 Å². The van der Waals surface area contributed by atoms with Crippen molar-refractivity contribution in [3.05, 3.63) is 63.2 Å². The van der Waals surface area contributed by atoms with Gasteiger partial charge in [0.1, 0.15) is 16.9 Å². The van der Waals surface area contributed by atoms with Gasteiger partial charge in [-0.15, -0.1) is 0 Å². The first-order valence-corrected chi connectivity index (χ1v) is 10.2. The topological polar surface area (TPSA) is 92.7 Å². The van der Waals surface area contributed by atoms with Crippen molar-refractivity contribution in [2.75, 3.05) is 6.61 Å². The van der Waals surface area contributed by atoms with E-state index in [1.54, 1.807) is 36.4 Å². The average molecular weight is 403 g/mol. The summed E-state index contributed by atoms with van der Waals surface area (Å²) in [6, 6.07) is 12.0. The lowest BCUT2D eigenvalue weighted by atomic mass is 9.96. The predicted molar refractivity (Wildman–Crippen MR) is 118 cm³/mol. The molecule has 30 heavy (non-hydrogen) atoms. The van der Waals surface area contributed by atoms with Crippen LogP contribution >= 0.6 is 0 Å². The van der Waals surface area contributed by atoms with Crippen LogP contribution in [0.5, 0.6) is 5.75 Å². The lowest BCUT2D eigenvalue weighted by molar-refractivity contribution is 0.282. The third-order valence-electron chi connectivity index (χ3n) is 5.84. The van der Waals surface area contributed by atoms with Gasteiger partial charge < -0.3 is 14.6 Å². The largest absolute Gasteiger partial charge is 0.508 e. The van der Waals surface area contributed by atoms with E-state index in [9.17, 15) is 14.7 Å².